The summed E-state index contributed by atoms with van der Waals surface area (Å²) < 4.78 is 5.79. The molecule has 4 heteroatoms. The largest absolute Gasteiger partial charge is 0.329 e. The summed E-state index contributed by atoms with van der Waals surface area (Å²) in [6.45, 7) is 3.60. The lowest BCUT2D eigenvalue weighted by Crippen LogP contribution is -2.43. The van der Waals surface area contributed by atoms with E-state index in [1.807, 2.05) is 49.3 Å². The number of hydrogen-bond acceptors (Lipinski definition) is 3. The highest BCUT2D eigenvalue weighted by molar-refractivity contribution is 6.01. The molecule has 1 aliphatic heterocycles. The highest BCUT2D eigenvalue weighted by Crippen LogP contribution is 2.32. The van der Waals surface area contributed by atoms with Gasteiger partial charge in [-0.3, -0.25) is 14.6 Å². The van der Waals surface area contributed by atoms with E-state index in [9.17, 15) is 4.79 Å². The first-order chi connectivity index (χ1) is 7.93. The molecule has 17 heavy (non-hydrogen) atoms. The summed E-state index contributed by atoms with van der Waals surface area (Å²) >= 11 is 0. The van der Waals surface area contributed by atoms with Crippen molar-refractivity contribution in [3.05, 3.63) is 30.3 Å². The van der Waals surface area contributed by atoms with Gasteiger partial charge in [-0.1, -0.05) is 18.2 Å². The molecule has 1 saturated heterocycles. The van der Waals surface area contributed by atoms with Gasteiger partial charge in [-0.25, -0.2) is 0 Å². The number of anilines is 1. The lowest BCUT2D eigenvalue weighted by atomic mass is 10.1. The summed E-state index contributed by atoms with van der Waals surface area (Å²) in [5, 5.41) is 0. The Bertz CT molecular complexity index is 415. The number of hydrogen-bond donors (Lipinski definition) is 0. The van der Waals surface area contributed by atoms with E-state index < -0.39 is 5.60 Å². The fourth-order valence-corrected chi connectivity index (χ4v) is 1.93. The normalized spacial score (nSPS) is 23.5. The van der Waals surface area contributed by atoms with E-state index in [1.165, 1.54) is 0 Å². The zero-order valence-corrected chi connectivity index (χ0v) is 10.7. The lowest BCUT2D eigenvalue weighted by molar-refractivity contribution is -0.132. The molecule has 0 N–H and O–H groups in total. The SMILES string of the molecule is CN(C)C1OC(C)(C)C(=O)N1c1ccccc1. The fourth-order valence-electron chi connectivity index (χ4n) is 1.93. The second-order valence-electron chi connectivity index (χ2n) is 4.93. The van der Waals surface area contributed by atoms with Crippen molar-refractivity contribution in [2.45, 2.75) is 25.8 Å². The Labute approximate surface area is 102 Å². The summed E-state index contributed by atoms with van der Waals surface area (Å²) in [6, 6.07) is 9.60. The predicted octanol–water partition coefficient (Wildman–Crippen LogP) is 1.67. The van der Waals surface area contributed by atoms with Crippen molar-refractivity contribution in [2.75, 3.05) is 19.0 Å². The Kier molecular flexibility index (Phi) is 2.93. The highest BCUT2D eigenvalue weighted by atomic mass is 16.6. The van der Waals surface area contributed by atoms with Crippen LogP contribution in [0, 0.1) is 0 Å². The Morgan fingerprint density at radius 3 is 2.35 bits per heavy atom. The van der Waals surface area contributed by atoms with Crippen LogP contribution in [0.25, 0.3) is 0 Å². The number of para-hydroxylation sites is 1. The van der Waals surface area contributed by atoms with Crippen molar-refractivity contribution in [1.29, 1.82) is 0 Å². The van der Waals surface area contributed by atoms with Gasteiger partial charge < -0.3 is 4.74 Å². The van der Waals surface area contributed by atoms with Gasteiger partial charge in [0.2, 0.25) is 0 Å². The minimum atomic E-state index is -0.773. The maximum atomic E-state index is 12.3. The molecule has 1 aromatic rings. The van der Waals surface area contributed by atoms with Gasteiger partial charge in [0.05, 0.1) is 0 Å². The first-order valence-electron chi connectivity index (χ1n) is 5.66. The molecule has 0 bridgehead atoms. The number of carbonyl (C=O) groups is 1. The second-order valence-corrected chi connectivity index (χ2v) is 4.93. The smallest absolute Gasteiger partial charge is 0.261 e. The van der Waals surface area contributed by atoms with Crippen LogP contribution in [0.1, 0.15) is 13.8 Å². The molecule has 0 spiro atoms. The fraction of sp³-hybridized carbons (Fsp3) is 0.462. The van der Waals surface area contributed by atoms with Crippen molar-refractivity contribution in [3.63, 3.8) is 0 Å². The van der Waals surface area contributed by atoms with Gasteiger partial charge in [-0.05, 0) is 40.1 Å². The Morgan fingerprint density at radius 2 is 1.82 bits per heavy atom. The van der Waals surface area contributed by atoms with Crippen LogP contribution in [0.15, 0.2) is 30.3 Å². The number of ether oxygens (including phenoxy) is 1. The molecule has 0 radical (unpaired) electrons. The van der Waals surface area contributed by atoms with E-state index in [2.05, 4.69) is 0 Å². The van der Waals surface area contributed by atoms with Gasteiger partial charge in [0.25, 0.3) is 5.91 Å². The molecule has 1 fully saturated rings. The number of nitrogens with zero attached hydrogens (tertiary/aromatic N) is 2. The standard InChI is InChI=1S/C13H18N2O2/c1-13(2)11(16)15(12(17-13)14(3)4)10-8-6-5-7-9-10/h5-9,12H,1-4H3. The minimum absolute atomic E-state index is 0.0117. The van der Waals surface area contributed by atoms with Crippen LogP contribution in [0.3, 0.4) is 0 Å². The van der Waals surface area contributed by atoms with Crippen molar-refractivity contribution in [2.24, 2.45) is 0 Å². The molecule has 92 valence electrons. The van der Waals surface area contributed by atoms with Gasteiger partial charge in [0.1, 0.15) is 5.60 Å². The zero-order valence-electron chi connectivity index (χ0n) is 10.7. The van der Waals surface area contributed by atoms with E-state index in [1.54, 1.807) is 18.7 Å². The van der Waals surface area contributed by atoms with E-state index >= 15 is 0 Å². The van der Waals surface area contributed by atoms with E-state index in [0.717, 1.165) is 5.69 Å². The van der Waals surface area contributed by atoms with Crippen molar-refractivity contribution in [1.82, 2.24) is 4.90 Å². The topological polar surface area (TPSA) is 32.8 Å². The van der Waals surface area contributed by atoms with Crippen LogP contribution in [0.2, 0.25) is 0 Å². The van der Waals surface area contributed by atoms with Gasteiger partial charge in [0, 0.05) is 5.69 Å². The van der Waals surface area contributed by atoms with Gasteiger partial charge in [-0.2, -0.15) is 0 Å². The van der Waals surface area contributed by atoms with Gasteiger partial charge >= 0.3 is 0 Å². The van der Waals surface area contributed by atoms with E-state index in [-0.39, 0.29) is 12.3 Å². The molecule has 1 heterocycles. The monoisotopic (exact) mass is 234 g/mol. The molecular weight excluding hydrogens is 216 g/mol. The summed E-state index contributed by atoms with van der Waals surface area (Å²) in [7, 11) is 3.80. The quantitative estimate of drug-likeness (QED) is 0.780. The van der Waals surface area contributed by atoms with Gasteiger partial charge in [0.15, 0.2) is 6.35 Å². The molecule has 1 aromatic carbocycles. The Hall–Kier alpha value is -1.39. The van der Waals surface area contributed by atoms with Crippen molar-refractivity contribution < 1.29 is 9.53 Å². The number of amides is 1. The van der Waals surface area contributed by atoms with Crippen LogP contribution in [-0.2, 0) is 9.53 Å². The Morgan fingerprint density at radius 1 is 1.24 bits per heavy atom. The van der Waals surface area contributed by atoms with Crippen molar-refractivity contribution >= 4 is 11.6 Å². The number of benzene rings is 1. The maximum absolute atomic E-state index is 12.3. The molecule has 0 aliphatic carbocycles. The predicted molar refractivity (Wildman–Crippen MR) is 66.6 cm³/mol. The summed E-state index contributed by atoms with van der Waals surface area (Å²) in [6.07, 6.45) is -0.347. The molecule has 2 rings (SSSR count). The minimum Gasteiger partial charge on any atom is -0.329 e. The summed E-state index contributed by atoms with van der Waals surface area (Å²) in [4.78, 5) is 15.9. The van der Waals surface area contributed by atoms with Crippen molar-refractivity contribution in [3.8, 4) is 0 Å². The van der Waals surface area contributed by atoms with Crippen LogP contribution >= 0.6 is 0 Å². The third-order valence-corrected chi connectivity index (χ3v) is 2.83. The first kappa shape index (κ1) is 12.1. The molecule has 4 nitrogen and oxygen atoms in total. The molecule has 1 amide bonds. The molecule has 1 aliphatic rings. The summed E-state index contributed by atoms with van der Waals surface area (Å²) in [5.41, 5.74) is 0.0897. The zero-order chi connectivity index (χ0) is 12.6. The van der Waals surface area contributed by atoms with Crippen LogP contribution in [-0.4, -0.2) is 36.9 Å². The maximum Gasteiger partial charge on any atom is 0.261 e. The third-order valence-electron chi connectivity index (χ3n) is 2.83. The second kappa shape index (κ2) is 4.13. The van der Waals surface area contributed by atoms with Crippen LogP contribution < -0.4 is 4.90 Å². The number of carbonyl (C=O) groups excluding carboxylic acids is 1. The average molecular weight is 234 g/mol. The van der Waals surface area contributed by atoms with E-state index in [4.69, 9.17) is 4.74 Å². The highest BCUT2D eigenvalue weighted by Gasteiger charge is 2.48. The average Bonchev–Trinajstić information content (AvgIpc) is 2.52. The summed E-state index contributed by atoms with van der Waals surface area (Å²) in [5.74, 6) is -0.0117. The van der Waals surface area contributed by atoms with Crippen LogP contribution in [0.5, 0.6) is 0 Å². The number of rotatable bonds is 2. The molecule has 1 unspecified atom stereocenters. The molecule has 0 aromatic heterocycles. The molecule has 0 saturated carbocycles. The molecule has 1 atom stereocenters. The molecular formula is C13H18N2O2. The van der Waals surface area contributed by atoms with E-state index in [0.29, 0.717) is 0 Å². The Balaban J connectivity index is 2.40. The van der Waals surface area contributed by atoms with Gasteiger partial charge in [-0.15, -0.1) is 0 Å². The van der Waals surface area contributed by atoms with Crippen LogP contribution in [0.4, 0.5) is 5.69 Å². The lowest BCUT2D eigenvalue weighted by Gasteiger charge is -2.27. The first-order valence-corrected chi connectivity index (χ1v) is 5.66. The third kappa shape index (κ3) is 2.06.